The topological polar surface area (TPSA) is 63.0 Å². The van der Waals surface area contributed by atoms with Gasteiger partial charge in [0, 0.05) is 25.6 Å². The Balaban J connectivity index is 2.03. The van der Waals surface area contributed by atoms with Crippen LogP contribution in [0.2, 0.25) is 0 Å². The van der Waals surface area contributed by atoms with Gasteiger partial charge < -0.3 is 19.0 Å². The summed E-state index contributed by atoms with van der Waals surface area (Å²) in [7, 11) is 0. The third kappa shape index (κ3) is 8.13. The molecule has 30 heavy (non-hydrogen) atoms. The van der Waals surface area contributed by atoms with E-state index in [1.54, 1.807) is 16.1 Å². The molecule has 1 aromatic heterocycles. The number of hydrogen-bond acceptors (Lipinski definition) is 4. The zero-order valence-electron chi connectivity index (χ0n) is 19.6. The molecule has 0 aliphatic carbocycles. The molecule has 1 fully saturated rings. The molecule has 0 bridgehead atoms. The highest BCUT2D eigenvalue weighted by molar-refractivity contribution is 5.85. The molecule has 0 N–H and O–H groups in total. The van der Waals surface area contributed by atoms with Crippen LogP contribution in [-0.4, -0.2) is 53.5 Å². The molecule has 2 rings (SSSR count). The van der Waals surface area contributed by atoms with E-state index in [0.717, 1.165) is 31.6 Å². The average Bonchev–Trinajstić information content (AvgIpc) is 3.30. The summed E-state index contributed by atoms with van der Waals surface area (Å²) in [5.74, 6) is 1.00. The van der Waals surface area contributed by atoms with Gasteiger partial charge in [0.05, 0.1) is 25.5 Å². The first-order valence-electron chi connectivity index (χ1n) is 11.3. The Kier molecular flexibility index (Phi) is 8.95. The second-order valence-electron chi connectivity index (χ2n) is 10.2. The smallest absolute Gasteiger partial charge is 0.242 e. The molecule has 1 aliphatic heterocycles. The van der Waals surface area contributed by atoms with Crippen LogP contribution in [0, 0.1) is 11.3 Å². The lowest BCUT2D eigenvalue weighted by atomic mass is 9.84. The minimum atomic E-state index is -0.0626. The first-order valence-corrected chi connectivity index (χ1v) is 11.3. The van der Waals surface area contributed by atoms with Gasteiger partial charge in [0.15, 0.2) is 0 Å². The lowest BCUT2D eigenvalue weighted by molar-refractivity contribution is -0.144. The number of carbonyl (C=O) groups is 2. The highest BCUT2D eigenvalue weighted by atomic mass is 16.5. The Bertz CT molecular complexity index is 657. The summed E-state index contributed by atoms with van der Waals surface area (Å²) in [6.45, 7) is 14.4. The summed E-state index contributed by atoms with van der Waals surface area (Å²) >= 11 is 0. The Hall–Kier alpha value is -1.82. The molecular weight excluding hydrogens is 380 g/mol. The van der Waals surface area contributed by atoms with E-state index < -0.39 is 0 Å². The Morgan fingerprint density at radius 3 is 2.47 bits per heavy atom. The average molecular weight is 421 g/mol. The van der Waals surface area contributed by atoms with Crippen molar-refractivity contribution in [2.75, 3.05) is 19.7 Å². The maximum absolute atomic E-state index is 13.2. The van der Waals surface area contributed by atoms with Crippen LogP contribution in [0.4, 0.5) is 0 Å². The van der Waals surface area contributed by atoms with Crippen molar-refractivity contribution in [2.45, 2.75) is 85.9 Å². The second kappa shape index (κ2) is 11.0. The van der Waals surface area contributed by atoms with Crippen LogP contribution in [0.15, 0.2) is 22.8 Å². The van der Waals surface area contributed by atoms with Gasteiger partial charge in [-0.25, -0.2) is 0 Å². The van der Waals surface area contributed by atoms with Crippen molar-refractivity contribution in [1.82, 2.24) is 9.80 Å². The molecule has 0 saturated carbocycles. The van der Waals surface area contributed by atoms with E-state index in [1.165, 1.54) is 0 Å². The maximum atomic E-state index is 13.2. The number of furan rings is 1. The summed E-state index contributed by atoms with van der Waals surface area (Å²) in [6.07, 6.45) is 5.09. The fourth-order valence-electron chi connectivity index (χ4n) is 4.22. The van der Waals surface area contributed by atoms with Crippen LogP contribution in [0.3, 0.4) is 0 Å². The molecule has 1 aliphatic rings. The molecule has 0 spiro atoms. The predicted molar refractivity (Wildman–Crippen MR) is 118 cm³/mol. The van der Waals surface area contributed by atoms with Gasteiger partial charge in [-0.2, -0.15) is 0 Å². The van der Waals surface area contributed by atoms with Gasteiger partial charge in [-0.1, -0.05) is 27.7 Å². The molecule has 2 atom stereocenters. The maximum Gasteiger partial charge on any atom is 0.242 e. The van der Waals surface area contributed by atoms with Crippen LogP contribution in [-0.2, 0) is 20.9 Å². The lowest BCUT2D eigenvalue weighted by Gasteiger charge is -2.32. The van der Waals surface area contributed by atoms with Crippen molar-refractivity contribution in [3.8, 4) is 0 Å². The zero-order chi connectivity index (χ0) is 22.3. The van der Waals surface area contributed by atoms with Gasteiger partial charge in [-0.3, -0.25) is 9.59 Å². The fraction of sp³-hybridized carbons (Fsp3) is 0.750. The fourth-order valence-corrected chi connectivity index (χ4v) is 4.22. The van der Waals surface area contributed by atoms with Crippen LogP contribution in [0.5, 0.6) is 0 Å². The van der Waals surface area contributed by atoms with E-state index >= 15 is 0 Å². The number of nitrogens with zero attached hydrogens (tertiary/aromatic N) is 2. The minimum Gasteiger partial charge on any atom is -0.467 e. The zero-order valence-corrected chi connectivity index (χ0v) is 19.6. The standard InChI is InChI=1S/C24H40N2O4/c1-18(2)26(22(27)13-19(3)14-24(4,5)6)17-23(28)25(15-20-9-7-11-29-20)16-21-10-8-12-30-21/h7,9,11,18-19,21H,8,10,12-17H2,1-6H3/t19-,21+/m1/s1. The third-order valence-electron chi connectivity index (χ3n) is 5.46. The van der Waals surface area contributed by atoms with Crippen LogP contribution < -0.4 is 0 Å². The van der Waals surface area contributed by atoms with Crippen molar-refractivity contribution in [3.63, 3.8) is 0 Å². The predicted octanol–water partition coefficient (Wildman–Crippen LogP) is 4.49. The van der Waals surface area contributed by atoms with Gasteiger partial charge >= 0.3 is 0 Å². The third-order valence-corrected chi connectivity index (χ3v) is 5.46. The normalized spacial score (nSPS) is 17.9. The summed E-state index contributed by atoms with van der Waals surface area (Å²) in [5, 5.41) is 0. The van der Waals surface area contributed by atoms with Crippen molar-refractivity contribution in [2.24, 2.45) is 11.3 Å². The molecular formula is C24H40N2O4. The van der Waals surface area contributed by atoms with Gasteiger partial charge in [0.2, 0.25) is 11.8 Å². The van der Waals surface area contributed by atoms with Gasteiger partial charge in [0.1, 0.15) is 5.76 Å². The summed E-state index contributed by atoms with van der Waals surface area (Å²) in [4.78, 5) is 29.7. The van der Waals surface area contributed by atoms with E-state index in [0.29, 0.717) is 19.5 Å². The van der Waals surface area contributed by atoms with Gasteiger partial charge in [0.25, 0.3) is 0 Å². The van der Waals surface area contributed by atoms with Crippen molar-refractivity contribution in [3.05, 3.63) is 24.2 Å². The highest BCUT2D eigenvalue weighted by Crippen LogP contribution is 2.26. The van der Waals surface area contributed by atoms with E-state index in [9.17, 15) is 9.59 Å². The number of amides is 2. The van der Waals surface area contributed by atoms with Crippen LogP contribution in [0.25, 0.3) is 0 Å². The van der Waals surface area contributed by atoms with Crippen LogP contribution >= 0.6 is 0 Å². The summed E-state index contributed by atoms with van der Waals surface area (Å²) < 4.78 is 11.2. The molecule has 0 unspecified atom stereocenters. The number of carbonyl (C=O) groups excluding carboxylic acids is 2. The van der Waals surface area contributed by atoms with Crippen molar-refractivity contribution < 1.29 is 18.7 Å². The number of ether oxygens (including phenoxy) is 1. The van der Waals surface area contributed by atoms with Gasteiger partial charge in [-0.05, 0) is 56.6 Å². The molecule has 6 nitrogen and oxygen atoms in total. The Morgan fingerprint density at radius 1 is 1.20 bits per heavy atom. The SMILES string of the molecule is CC(C)N(CC(=O)N(Cc1ccco1)C[C@@H]1CCCO1)C(=O)C[C@@H](C)CC(C)(C)C. The molecule has 0 aromatic carbocycles. The molecule has 2 heterocycles. The number of rotatable bonds is 10. The molecule has 0 radical (unpaired) electrons. The molecule has 2 amide bonds. The Labute approximate surface area is 181 Å². The number of hydrogen-bond donors (Lipinski definition) is 0. The Morgan fingerprint density at radius 2 is 1.93 bits per heavy atom. The van der Waals surface area contributed by atoms with E-state index in [1.807, 2.05) is 26.0 Å². The summed E-state index contributed by atoms with van der Waals surface area (Å²) in [5.41, 5.74) is 0.180. The highest BCUT2D eigenvalue weighted by Gasteiger charge is 2.28. The van der Waals surface area contributed by atoms with E-state index in [-0.39, 0.29) is 41.8 Å². The molecule has 1 aromatic rings. The van der Waals surface area contributed by atoms with Crippen molar-refractivity contribution >= 4 is 11.8 Å². The first kappa shape index (κ1) is 24.4. The van der Waals surface area contributed by atoms with Crippen LogP contribution in [0.1, 0.15) is 73.0 Å². The van der Waals surface area contributed by atoms with E-state index in [2.05, 4.69) is 27.7 Å². The second-order valence-corrected chi connectivity index (χ2v) is 10.2. The lowest BCUT2D eigenvalue weighted by Crippen LogP contribution is -2.47. The quantitative estimate of drug-likeness (QED) is 0.560. The molecule has 6 heteroatoms. The largest absolute Gasteiger partial charge is 0.467 e. The van der Waals surface area contributed by atoms with Crippen molar-refractivity contribution in [1.29, 1.82) is 0 Å². The molecule has 1 saturated heterocycles. The summed E-state index contributed by atoms with van der Waals surface area (Å²) in [6, 6.07) is 3.66. The molecule has 170 valence electrons. The van der Waals surface area contributed by atoms with E-state index in [4.69, 9.17) is 9.15 Å². The first-order chi connectivity index (χ1) is 14.0. The minimum absolute atomic E-state index is 0.0310. The van der Waals surface area contributed by atoms with Gasteiger partial charge in [-0.15, -0.1) is 0 Å². The monoisotopic (exact) mass is 420 g/mol.